The van der Waals surface area contributed by atoms with E-state index in [-0.39, 0.29) is 18.3 Å². The minimum atomic E-state index is -0.897. The molecule has 8 nitrogen and oxygen atoms in total. The molecule has 2 aromatic rings. The van der Waals surface area contributed by atoms with Gasteiger partial charge >= 0.3 is 5.97 Å². The Labute approximate surface area is 175 Å². The highest BCUT2D eigenvalue weighted by atomic mass is 16.7. The SMILES string of the molecule is CCOC(=O)c1ccccc1-n1c(C)cc(/C=N\NC(=O)CC2(C)OCCO2)c1C. The van der Waals surface area contributed by atoms with Crippen molar-refractivity contribution in [3.05, 3.63) is 52.8 Å². The molecule has 0 aliphatic carbocycles. The molecule has 0 saturated carbocycles. The highest BCUT2D eigenvalue weighted by Crippen LogP contribution is 2.24. The molecular formula is C22H27N3O5. The maximum atomic E-state index is 12.4. The van der Waals surface area contributed by atoms with Gasteiger partial charge < -0.3 is 18.8 Å². The number of aromatic nitrogens is 1. The Bertz CT molecular complexity index is 958. The van der Waals surface area contributed by atoms with Gasteiger partial charge in [0.25, 0.3) is 0 Å². The first kappa shape index (κ1) is 21.7. The van der Waals surface area contributed by atoms with Crippen molar-refractivity contribution in [2.24, 2.45) is 5.10 Å². The lowest BCUT2D eigenvalue weighted by Crippen LogP contribution is -2.33. The zero-order valence-electron chi connectivity index (χ0n) is 17.7. The molecule has 1 N–H and O–H groups in total. The third kappa shape index (κ3) is 4.77. The molecule has 8 heteroatoms. The predicted molar refractivity (Wildman–Crippen MR) is 112 cm³/mol. The topological polar surface area (TPSA) is 91.2 Å². The van der Waals surface area contributed by atoms with Gasteiger partial charge in [-0.2, -0.15) is 5.10 Å². The average molecular weight is 413 g/mol. The second kappa shape index (κ2) is 9.23. The van der Waals surface area contributed by atoms with Crippen molar-refractivity contribution in [2.75, 3.05) is 19.8 Å². The van der Waals surface area contributed by atoms with E-state index in [0.717, 1.165) is 22.6 Å². The lowest BCUT2D eigenvalue weighted by Gasteiger charge is -2.20. The summed E-state index contributed by atoms with van der Waals surface area (Å²) >= 11 is 0. The molecule has 2 heterocycles. The van der Waals surface area contributed by atoms with Crippen LogP contribution in [0.15, 0.2) is 35.4 Å². The fraction of sp³-hybridized carbons (Fsp3) is 0.409. The summed E-state index contributed by atoms with van der Waals surface area (Å²) in [6.07, 6.45) is 1.65. The van der Waals surface area contributed by atoms with Crippen LogP contribution in [-0.4, -0.2) is 48.3 Å². The van der Waals surface area contributed by atoms with E-state index in [2.05, 4.69) is 10.5 Å². The van der Waals surface area contributed by atoms with E-state index in [1.807, 2.05) is 36.6 Å². The Balaban J connectivity index is 1.77. The van der Waals surface area contributed by atoms with E-state index in [1.165, 1.54) is 0 Å². The molecule has 160 valence electrons. The van der Waals surface area contributed by atoms with E-state index in [1.54, 1.807) is 32.2 Å². The summed E-state index contributed by atoms with van der Waals surface area (Å²) in [5, 5.41) is 4.07. The van der Waals surface area contributed by atoms with E-state index < -0.39 is 5.79 Å². The van der Waals surface area contributed by atoms with E-state index in [9.17, 15) is 9.59 Å². The minimum absolute atomic E-state index is 0.0658. The van der Waals surface area contributed by atoms with Crippen molar-refractivity contribution in [1.82, 2.24) is 9.99 Å². The van der Waals surface area contributed by atoms with Crippen LogP contribution in [0.5, 0.6) is 0 Å². The van der Waals surface area contributed by atoms with Crippen molar-refractivity contribution >= 4 is 18.1 Å². The van der Waals surface area contributed by atoms with Gasteiger partial charge in [-0.15, -0.1) is 0 Å². The van der Waals surface area contributed by atoms with Gasteiger partial charge in [0.15, 0.2) is 5.79 Å². The van der Waals surface area contributed by atoms with Gasteiger partial charge in [0.05, 0.1) is 43.7 Å². The highest BCUT2D eigenvalue weighted by Gasteiger charge is 2.33. The van der Waals surface area contributed by atoms with Gasteiger partial charge in [0, 0.05) is 17.0 Å². The molecule has 30 heavy (non-hydrogen) atoms. The number of amides is 1. The summed E-state index contributed by atoms with van der Waals surface area (Å²) in [6.45, 7) is 8.65. The summed E-state index contributed by atoms with van der Waals surface area (Å²) in [4.78, 5) is 24.5. The standard InChI is InChI=1S/C22H27N3O5/c1-5-28-21(27)18-8-6-7-9-19(18)25-15(2)12-17(16(25)3)14-23-24-20(26)13-22(4)29-10-11-30-22/h6-9,12,14H,5,10-11,13H2,1-4H3,(H,24,26)/b23-14-. The Kier molecular flexibility index (Phi) is 6.69. The van der Waals surface area contributed by atoms with Crippen molar-refractivity contribution in [1.29, 1.82) is 0 Å². The molecule has 0 bridgehead atoms. The summed E-state index contributed by atoms with van der Waals surface area (Å²) in [7, 11) is 0. The summed E-state index contributed by atoms with van der Waals surface area (Å²) < 4.78 is 18.0. The molecular weight excluding hydrogens is 386 g/mol. The second-order valence-electron chi connectivity index (χ2n) is 7.20. The number of hydrogen-bond donors (Lipinski definition) is 1. The molecule has 1 aliphatic heterocycles. The molecule has 0 radical (unpaired) electrons. The van der Waals surface area contributed by atoms with Crippen LogP contribution in [0.25, 0.3) is 5.69 Å². The number of carbonyl (C=O) groups excluding carboxylic acids is 2. The number of hydrazone groups is 1. The molecule has 3 rings (SSSR count). The van der Waals surface area contributed by atoms with Gasteiger partial charge in [0.2, 0.25) is 5.91 Å². The van der Waals surface area contributed by atoms with Crippen LogP contribution in [0.1, 0.15) is 47.6 Å². The fourth-order valence-electron chi connectivity index (χ4n) is 3.50. The van der Waals surface area contributed by atoms with Crippen LogP contribution in [0.4, 0.5) is 0 Å². The van der Waals surface area contributed by atoms with Crippen molar-refractivity contribution in [2.45, 2.75) is 39.9 Å². The number of aryl methyl sites for hydroxylation is 1. The minimum Gasteiger partial charge on any atom is -0.462 e. The number of nitrogens with zero attached hydrogens (tertiary/aromatic N) is 2. The summed E-state index contributed by atoms with van der Waals surface area (Å²) in [6, 6.07) is 9.24. The maximum Gasteiger partial charge on any atom is 0.340 e. The maximum absolute atomic E-state index is 12.4. The Hall–Kier alpha value is -2.97. The van der Waals surface area contributed by atoms with Crippen LogP contribution in [0.2, 0.25) is 0 Å². The van der Waals surface area contributed by atoms with Crippen LogP contribution in [-0.2, 0) is 19.0 Å². The smallest absolute Gasteiger partial charge is 0.340 e. The van der Waals surface area contributed by atoms with Gasteiger partial charge in [-0.05, 0) is 45.9 Å². The normalized spacial score (nSPS) is 15.5. The van der Waals surface area contributed by atoms with Gasteiger partial charge in [0.1, 0.15) is 0 Å². The number of para-hydroxylation sites is 1. The molecule has 0 spiro atoms. The second-order valence-corrected chi connectivity index (χ2v) is 7.20. The molecule has 0 atom stereocenters. The zero-order valence-corrected chi connectivity index (χ0v) is 17.7. The third-order valence-electron chi connectivity index (χ3n) is 4.88. The van der Waals surface area contributed by atoms with Crippen LogP contribution in [0, 0.1) is 13.8 Å². The Morgan fingerprint density at radius 1 is 1.27 bits per heavy atom. The number of esters is 1. The fourth-order valence-corrected chi connectivity index (χ4v) is 3.50. The summed E-state index contributed by atoms with van der Waals surface area (Å²) in [5.41, 5.74) is 6.37. The number of rotatable bonds is 7. The predicted octanol–water partition coefficient (Wildman–Crippen LogP) is 2.87. The molecule has 1 amide bonds. The third-order valence-corrected chi connectivity index (χ3v) is 4.88. The molecule has 1 saturated heterocycles. The summed E-state index contributed by atoms with van der Waals surface area (Å²) in [5.74, 6) is -1.56. The first-order valence-electron chi connectivity index (χ1n) is 9.90. The number of carbonyl (C=O) groups is 2. The Morgan fingerprint density at radius 3 is 2.67 bits per heavy atom. The highest BCUT2D eigenvalue weighted by molar-refractivity contribution is 5.94. The lowest BCUT2D eigenvalue weighted by atomic mass is 10.1. The number of benzene rings is 1. The van der Waals surface area contributed by atoms with Gasteiger partial charge in [-0.1, -0.05) is 12.1 Å². The number of hydrogen-bond acceptors (Lipinski definition) is 6. The number of nitrogens with one attached hydrogen (secondary N) is 1. The van der Waals surface area contributed by atoms with Gasteiger partial charge in [-0.25, -0.2) is 10.2 Å². The Morgan fingerprint density at radius 2 is 1.97 bits per heavy atom. The molecule has 1 aliphatic rings. The molecule has 1 aromatic heterocycles. The van der Waals surface area contributed by atoms with Crippen molar-refractivity contribution in [3.8, 4) is 5.69 Å². The molecule has 0 unspecified atom stereocenters. The van der Waals surface area contributed by atoms with Crippen LogP contribution < -0.4 is 5.43 Å². The van der Waals surface area contributed by atoms with E-state index >= 15 is 0 Å². The van der Waals surface area contributed by atoms with E-state index in [0.29, 0.717) is 25.4 Å². The lowest BCUT2D eigenvalue weighted by molar-refractivity contribution is -0.159. The quantitative estimate of drug-likeness (QED) is 0.428. The monoisotopic (exact) mass is 413 g/mol. The largest absolute Gasteiger partial charge is 0.462 e. The molecule has 1 aromatic carbocycles. The molecule has 1 fully saturated rings. The zero-order chi connectivity index (χ0) is 21.7. The van der Waals surface area contributed by atoms with Gasteiger partial charge in [-0.3, -0.25) is 4.79 Å². The average Bonchev–Trinajstić information content (AvgIpc) is 3.25. The van der Waals surface area contributed by atoms with E-state index in [4.69, 9.17) is 14.2 Å². The number of ether oxygens (including phenoxy) is 3. The first-order chi connectivity index (χ1) is 14.3. The van der Waals surface area contributed by atoms with Crippen molar-refractivity contribution in [3.63, 3.8) is 0 Å². The van der Waals surface area contributed by atoms with Crippen molar-refractivity contribution < 1.29 is 23.8 Å². The first-order valence-corrected chi connectivity index (χ1v) is 9.90. The van der Waals surface area contributed by atoms with Crippen LogP contribution in [0.3, 0.4) is 0 Å². The van der Waals surface area contributed by atoms with Crippen LogP contribution >= 0.6 is 0 Å².